The van der Waals surface area contributed by atoms with E-state index in [2.05, 4.69) is 24.0 Å². The van der Waals surface area contributed by atoms with Crippen LogP contribution in [0.5, 0.6) is 0 Å². The van der Waals surface area contributed by atoms with Crippen molar-refractivity contribution in [1.29, 1.82) is 0 Å². The second-order valence-electron chi connectivity index (χ2n) is 6.77. The highest BCUT2D eigenvalue weighted by atomic mass is 35.5. The molecular weight excluding hydrogens is 366 g/mol. The van der Waals surface area contributed by atoms with Gasteiger partial charge in [-0.2, -0.15) is 0 Å². The molecule has 27 heavy (non-hydrogen) atoms. The minimum absolute atomic E-state index is 0.0942. The second-order valence-corrected chi connectivity index (χ2v) is 7.20. The van der Waals surface area contributed by atoms with Gasteiger partial charge in [0.25, 0.3) is 11.6 Å². The molecule has 0 atom stereocenters. The molecule has 1 saturated heterocycles. The van der Waals surface area contributed by atoms with Crippen LogP contribution in [0.1, 0.15) is 27.9 Å². The average Bonchev–Trinajstić information content (AvgIpc) is 2.88. The number of benzene rings is 2. The molecule has 0 aliphatic carbocycles. The minimum atomic E-state index is -0.554. The average molecular weight is 388 g/mol. The lowest BCUT2D eigenvalue weighted by Gasteiger charge is -2.22. The number of nitro groups is 1. The molecule has 142 valence electrons. The molecule has 0 unspecified atom stereocenters. The lowest BCUT2D eigenvalue weighted by Crippen LogP contribution is -2.35. The maximum Gasteiger partial charge on any atom is 0.283 e. The number of nitro benzene ring substituents is 1. The molecule has 1 fully saturated rings. The van der Waals surface area contributed by atoms with Gasteiger partial charge in [0, 0.05) is 43.8 Å². The topological polar surface area (TPSA) is 66.7 Å². The Morgan fingerprint density at radius 2 is 1.93 bits per heavy atom. The molecule has 6 nitrogen and oxygen atoms in total. The monoisotopic (exact) mass is 387 g/mol. The summed E-state index contributed by atoms with van der Waals surface area (Å²) < 4.78 is 0. The van der Waals surface area contributed by atoms with Gasteiger partial charge in [-0.1, -0.05) is 35.9 Å². The molecule has 0 saturated carbocycles. The van der Waals surface area contributed by atoms with Crippen molar-refractivity contribution in [1.82, 2.24) is 9.80 Å². The Balaban J connectivity index is 1.70. The van der Waals surface area contributed by atoms with E-state index in [1.807, 2.05) is 12.1 Å². The Bertz CT molecular complexity index is 856. The van der Waals surface area contributed by atoms with Crippen LogP contribution in [0.2, 0.25) is 5.02 Å². The molecular formula is C20H22ClN3O3. The van der Waals surface area contributed by atoms with Crippen LogP contribution in [0.15, 0.2) is 42.5 Å². The summed E-state index contributed by atoms with van der Waals surface area (Å²) in [6.45, 7) is 5.70. The van der Waals surface area contributed by atoms with Crippen LogP contribution in [0.3, 0.4) is 0 Å². The molecule has 1 aliphatic heterocycles. The van der Waals surface area contributed by atoms with Crippen molar-refractivity contribution >= 4 is 23.2 Å². The standard InChI is InChI=1S/C20H22ClN3O3/c1-15-5-2-3-6-16(15)14-22-9-4-10-23(12-11-22)20(25)18-8-7-17(21)13-19(18)24(26)27/h2-3,5-8,13H,4,9-12,14H2,1H3. The molecule has 3 rings (SSSR count). The number of hydrogen-bond acceptors (Lipinski definition) is 4. The summed E-state index contributed by atoms with van der Waals surface area (Å²) in [5, 5.41) is 11.5. The molecule has 0 spiro atoms. The van der Waals surface area contributed by atoms with E-state index >= 15 is 0 Å². The van der Waals surface area contributed by atoms with E-state index in [9.17, 15) is 14.9 Å². The fourth-order valence-corrected chi connectivity index (χ4v) is 3.53. The van der Waals surface area contributed by atoms with E-state index in [1.165, 1.54) is 29.3 Å². The van der Waals surface area contributed by atoms with Crippen molar-refractivity contribution in [2.24, 2.45) is 0 Å². The quantitative estimate of drug-likeness (QED) is 0.589. The van der Waals surface area contributed by atoms with Crippen LogP contribution in [0, 0.1) is 17.0 Å². The Morgan fingerprint density at radius 3 is 2.67 bits per heavy atom. The van der Waals surface area contributed by atoms with Gasteiger partial charge >= 0.3 is 0 Å². The van der Waals surface area contributed by atoms with Crippen molar-refractivity contribution in [2.75, 3.05) is 26.2 Å². The van der Waals surface area contributed by atoms with Crippen LogP contribution < -0.4 is 0 Å². The number of carbonyl (C=O) groups is 1. The van der Waals surface area contributed by atoms with Gasteiger partial charge in [-0.05, 0) is 36.6 Å². The van der Waals surface area contributed by atoms with E-state index in [1.54, 1.807) is 4.90 Å². The van der Waals surface area contributed by atoms with Crippen LogP contribution in [-0.4, -0.2) is 46.8 Å². The van der Waals surface area contributed by atoms with Gasteiger partial charge in [0.05, 0.1) is 4.92 Å². The normalized spacial score (nSPS) is 15.4. The van der Waals surface area contributed by atoms with E-state index in [-0.39, 0.29) is 22.2 Å². The van der Waals surface area contributed by atoms with E-state index in [0.717, 1.165) is 26.1 Å². The molecule has 1 amide bonds. The highest BCUT2D eigenvalue weighted by molar-refractivity contribution is 6.31. The lowest BCUT2D eigenvalue weighted by molar-refractivity contribution is -0.385. The third kappa shape index (κ3) is 4.64. The second kappa shape index (κ2) is 8.50. The zero-order chi connectivity index (χ0) is 19.4. The maximum atomic E-state index is 12.9. The van der Waals surface area contributed by atoms with E-state index in [0.29, 0.717) is 13.1 Å². The summed E-state index contributed by atoms with van der Waals surface area (Å²) in [5.74, 6) is -0.309. The number of amides is 1. The third-order valence-corrected chi connectivity index (χ3v) is 5.15. The van der Waals surface area contributed by atoms with Crippen molar-refractivity contribution in [3.63, 3.8) is 0 Å². The molecule has 0 N–H and O–H groups in total. The van der Waals surface area contributed by atoms with Gasteiger partial charge in [-0.25, -0.2) is 0 Å². The van der Waals surface area contributed by atoms with Crippen LogP contribution >= 0.6 is 11.6 Å². The highest BCUT2D eigenvalue weighted by Crippen LogP contribution is 2.25. The Hall–Kier alpha value is -2.44. The van der Waals surface area contributed by atoms with Crippen LogP contribution in [0.4, 0.5) is 5.69 Å². The first-order valence-corrected chi connectivity index (χ1v) is 9.33. The minimum Gasteiger partial charge on any atom is -0.337 e. The number of nitrogens with zero attached hydrogens (tertiary/aromatic N) is 3. The summed E-state index contributed by atoms with van der Waals surface area (Å²) in [6, 6.07) is 12.5. The largest absolute Gasteiger partial charge is 0.337 e. The fourth-order valence-electron chi connectivity index (χ4n) is 3.37. The first-order valence-electron chi connectivity index (χ1n) is 8.96. The molecule has 0 bridgehead atoms. The highest BCUT2D eigenvalue weighted by Gasteiger charge is 2.26. The summed E-state index contributed by atoms with van der Waals surface area (Å²) >= 11 is 5.85. The number of rotatable bonds is 4. The molecule has 0 aromatic heterocycles. The van der Waals surface area contributed by atoms with E-state index < -0.39 is 4.92 Å². The zero-order valence-corrected chi connectivity index (χ0v) is 16.0. The first-order chi connectivity index (χ1) is 13.0. The van der Waals surface area contributed by atoms with Crippen LogP contribution in [-0.2, 0) is 6.54 Å². The number of carbonyl (C=O) groups excluding carboxylic acids is 1. The molecule has 1 aliphatic rings. The number of hydrogen-bond donors (Lipinski definition) is 0. The van der Waals surface area contributed by atoms with Gasteiger partial charge < -0.3 is 4.90 Å². The van der Waals surface area contributed by atoms with Gasteiger partial charge in [0.15, 0.2) is 0 Å². The Labute approximate surface area is 163 Å². The smallest absolute Gasteiger partial charge is 0.283 e. The Kier molecular flexibility index (Phi) is 6.08. The maximum absolute atomic E-state index is 12.9. The molecule has 2 aromatic rings. The van der Waals surface area contributed by atoms with Gasteiger partial charge in [0.2, 0.25) is 0 Å². The van der Waals surface area contributed by atoms with Crippen LogP contribution in [0.25, 0.3) is 0 Å². The lowest BCUT2D eigenvalue weighted by atomic mass is 10.1. The summed E-state index contributed by atoms with van der Waals surface area (Å²) in [5.41, 5.74) is 2.39. The zero-order valence-electron chi connectivity index (χ0n) is 15.2. The molecule has 7 heteroatoms. The summed E-state index contributed by atoms with van der Waals surface area (Å²) in [4.78, 5) is 27.6. The third-order valence-electron chi connectivity index (χ3n) is 4.92. The fraction of sp³-hybridized carbons (Fsp3) is 0.350. The van der Waals surface area contributed by atoms with E-state index in [4.69, 9.17) is 11.6 Å². The van der Waals surface area contributed by atoms with Crippen molar-refractivity contribution in [3.05, 3.63) is 74.3 Å². The van der Waals surface area contributed by atoms with Crippen molar-refractivity contribution in [2.45, 2.75) is 19.9 Å². The molecule has 2 aromatic carbocycles. The Morgan fingerprint density at radius 1 is 1.15 bits per heavy atom. The van der Waals surface area contributed by atoms with Gasteiger partial charge in [-0.15, -0.1) is 0 Å². The number of aryl methyl sites for hydroxylation is 1. The SMILES string of the molecule is Cc1ccccc1CN1CCCN(C(=O)c2ccc(Cl)cc2[N+](=O)[O-])CC1. The summed E-state index contributed by atoms with van der Waals surface area (Å²) in [7, 11) is 0. The predicted molar refractivity (Wildman–Crippen MR) is 105 cm³/mol. The summed E-state index contributed by atoms with van der Waals surface area (Å²) in [6.07, 6.45) is 0.832. The van der Waals surface area contributed by atoms with Crippen molar-refractivity contribution in [3.8, 4) is 0 Å². The molecule has 1 heterocycles. The number of halogens is 1. The van der Waals surface area contributed by atoms with Gasteiger partial charge in [0.1, 0.15) is 5.56 Å². The first kappa shape index (κ1) is 19.3. The van der Waals surface area contributed by atoms with Gasteiger partial charge in [-0.3, -0.25) is 19.8 Å². The molecule has 0 radical (unpaired) electrons. The predicted octanol–water partition coefficient (Wildman–Crippen LogP) is 3.90. The van der Waals surface area contributed by atoms with Crippen molar-refractivity contribution < 1.29 is 9.72 Å².